The maximum absolute atomic E-state index is 13.4. The van der Waals surface area contributed by atoms with Crippen LogP contribution < -0.4 is 0 Å². The first kappa shape index (κ1) is 15.9. The lowest BCUT2D eigenvalue weighted by atomic mass is 9.82. The molecule has 0 unspecified atom stereocenters. The van der Waals surface area contributed by atoms with E-state index in [0.717, 1.165) is 45.3 Å². The highest BCUT2D eigenvalue weighted by atomic mass is 32.1. The smallest absolute Gasteiger partial charge is 0.234 e. The van der Waals surface area contributed by atoms with Gasteiger partial charge in [-0.05, 0) is 43.0 Å². The first-order valence-corrected chi connectivity index (χ1v) is 9.95. The van der Waals surface area contributed by atoms with Crippen LogP contribution in [0.2, 0.25) is 0 Å². The fraction of sp³-hybridized carbons (Fsp3) is 0.579. The number of amides is 1. The van der Waals surface area contributed by atoms with Crippen LogP contribution in [0.4, 0.5) is 0 Å². The minimum Gasteiger partial charge on any atom is -0.342 e. The number of aromatic nitrogens is 2. The van der Waals surface area contributed by atoms with Gasteiger partial charge in [-0.3, -0.25) is 4.79 Å². The van der Waals surface area contributed by atoms with Gasteiger partial charge < -0.3 is 9.47 Å². The van der Waals surface area contributed by atoms with Crippen molar-refractivity contribution in [3.8, 4) is 0 Å². The van der Waals surface area contributed by atoms with Crippen molar-refractivity contribution in [2.75, 3.05) is 13.1 Å². The molecular formula is C19H25N3OS. The molecule has 4 nitrogen and oxygen atoms in total. The van der Waals surface area contributed by atoms with Gasteiger partial charge >= 0.3 is 0 Å². The average Bonchev–Trinajstić information content (AvgIpc) is 3.36. The lowest BCUT2D eigenvalue weighted by Gasteiger charge is -2.38. The Morgan fingerprint density at radius 2 is 2.08 bits per heavy atom. The largest absolute Gasteiger partial charge is 0.342 e. The number of piperidine rings is 1. The van der Waals surface area contributed by atoms with Crippen LogP contribution in [0.25, 0.3) is 0 Å². The molecule has 1 saturated carbocycles. The van der Waals surface area contributed by atoms with Crippen molar-refractivity contribution in [2.45, 2.75) is 50.5 Å². The Labute approximate surface area is 147 Å². The molecule has 0 radical (unpaired) electrons. The van der Waals surface area contributed by atoms with Gasteiger partial charge in [0.2, 0.25) is 5.91 Å². The molecule has 1 aliphatic heterocycles. The van der Waals surface area contributed by atoms with Gasteiger partial charge in [-0.25, -0.2) is 4.98 Å². The molecule has 0 spiro atoms. The summed E-state index contributed by atoms with van der Waals surface area (Å²) < 4.78 is 2.16. The second-order valence-corrected chi connectivity index (χ2v) is 8.21. The lowest BCUT2D eigenvalue weighted by Crippen LogP contribution is -2.48. The Balaban J connectivity index is 1.42. The zero-order chi connectivity index (χ0) is 16.4. The van der Waals surface area contributed by atoms with Gasteiger partial charge in [0.15, 0.2) is 0 Å². The number of hydrogen-bond acceptors (Lipinski definition) is 3. The molecule has 0 N–H and O–H groups in total. The summed E-state index contributed by atoms with van der Waals surface area (Å²) in [5.74, 6) is 1.05. The Kier molecular flexibility index (Phi) is 4.44. The third-order valence-corrected chi connectivity index (χ3v) is 6.86. The van der Waals surface area contributed by atoms with Gasteiger partial charge in [-0.15, -0.1) is 11.3 Å². The minimum atomic E-state index is -0.217. The zero-order valence-corrected chi connectivity index (χ0v) is 14.9. The zero-order valence-electron chi connectivity index (χ0n) is 14.1. The van der Waals surface area contributed by atoms with Crippen molar-refractivity contribution < 1.29 is 4.79 Å². The SMILES string of the molecule is O=C(N1CCC(Cn2ccnc2)CC1)C1(c2cccs2)CCCC1. The lowest BCUT2D eigenvalue weighted by molar-refractivity contribution is -0.138. The van der Waals surface area contributed by atoms with Crippen LogP contribution in [0.15, 0.2) is 36.2 Å². The van der Waals surface area contributed by atoms with Crippen LogP contribution in [0, 0.1) is 5.92 Å². The number of likely N-dealkylation sites (tertiary alicyclic amines) is 1. The molecule has 0 aromatic carbocycles. The predicted octanol–water partition coefficient (Wildman–Crippen LogP) is 3.70. The summed E-state index contributed by atoms with van der Waals surface area (Å²) in [7, 11) is 0. The van der Waals surface area contributed by atoms with Crippen molar-refractivity contribution in [3.63, 3.8) is 0 Å². The van der Waals surface area contributed by atoms with E-state index in [0.29, 0.717) is 11.8 Å². The molecule has 0 bridgehead atoms. The highest BCUT2D eigenvalue weighted by Gasteiger charge is 2.46. The van der Waals surface area contributed by atoms with E-state index in [1.807, 2.05) is 18.7 Å². The molecule has 5 heteroatoms. The summed E-state index contributed by atoms with van der Waals surface area (Å²) in [6, 6.07) is 4.25. The summed E-state index contributed by atoms with van der Waals surface area (Å²) in [4.78, 5) is 20.9. The van der Waals surface area contributed by atoms with Crippen molar-refractivity contribution in [2.24, 2.45) is 5.92 Å². The van der Waals surface area contributed by atoms with E-state index >= 15 is 0 Å². The minimum absolute atomic E-state index is 0.217. The molecule has 1 amide bonds. The molecule has 24 heavy (non-hydrogen) atoms. The van der Waals surface area contributed by atoms with Gasteiger partial charge in [-0.1, -0.05) is 18.9 Å². The maximum Gasteiger partial charge on any atom is 0.234 e. The molecule has 1 aliphatic carbocycles. The maximum atomic E-state index is 13.4. The van der Waals surface area contributed by atoms with Crippen molar-refractivity contribution in [3.05, 3.63) is 41.1 Å². The standard InChI is InChI=1S/C19H25N3OS/c23-18(19(7-1-2-8-19)17-4-3-13-24-17)22-10-5-16(6-11-22)14-21-12-9-20-15-21/h3-4,9,12-13,15-16H,1-2,5-8,10-11,14H2. The van der Waals surface area contributed by atoms with E-state index in [1.54, 1.807) is 11.3 Å². The molecule has 128 valence electrons. The summed E-state index contributed by atoms with van der Waals surface area (Å²) >= 11 is 1.76. The first-order chi connectivity index (χ1) is 11.8. The molecule has 4 rings (SSSR count). The summed E-state index contributed by atoms with van der Waals surface area (Å²) in [6.07, 6.45) is 12.4. The van der Waals surface area contributed by atoms with Crippen molar-refractivity contribution >= 4 is 17.2 Å². The van der Waals surface area contributed by atoms with Crippen LogP contribution in [0.5, 0.6) is 0 Å². The quantitative estimate of drug-likeness (QED) is 0.849. The molecule has 2 aromatic rings. The van der Waals surface area contributed by atoms with Crippen LogP contribution >= 0.6 is 11.3 Å². The molecule has 3 heterocycles. The number of carbonyl (C=O) groups excluding carboxylic acids is 1. The van der Waals surface area contributed by atoms with E-state index in [1.165, 1.54) is 17.7 Å². The monoisotopic (exact) mass is 343 g/mol. The first-order valence-electron chi connectivity index (χ1n) is 9.07. The van der Waals surface area contributed by atoms with Crippen LogP contribution in [0.3, 0.4) is 0 Å². The van der Waals surface area contributed by atoms with E-state index < -0.39 is 0 Å². The summed E-state index contributed by atoms with van der Waals surface area (Å²) in [5, 5.41) is 2.11. The van der Waals surface area contributed by atoms with Crippen LogP contribution in [-0.4, -0.2) is 33.4 Å². The van der Waals surface area contributed by atoms with Gasteiger partial charge in [-0.2, -0.15) is 0 Å². The highest BCUT2D eigenvalue weighted by Crippen LogP contribution is 2.45. The summed E-state index contributed by atoms with van der Waals surface area (Å²) in [6.45, 7) is 2.84. The topological polar surface area (TPSA) is 38.1 Å². The van der Waals surface area contributed by atoms with Crippen molar-refractivity contribution in [1.82, 2.24) is 14.5 Å². The van der Waals surface area contributed by atoms with Gasteiger partial charge in [0.05, 0.1) is 11.7 Å². The molecule has 2 fully saturated rings. The van der Waals surface area contributed by atoms with Gasteiger partial charge in [0.25, 0.3) is 0 Å². The Morgan fingerprint density at radius 3 is 2.71 bits per heavy atom. The summed E-state index contributed by atoms with van der Waals surface area (Å²) in [5.41, 5.74) is -0.217. The van der Waals surface area contributed by atoms with Gasteiger partial charge in [0, 0.05) is 36.9 Å². The van der Waals surface area contributed by atoms with E-state index in [9.17, 15) is 4.79 Å². The normalized spacial score (nSPS) is 21.2. The van der Waals surface area contributed by atoms with E-state index in [-0.39, 0.29) is 5.41 Å². The van der Waals surface area contributed by atoms with E-state index in [2.05, 4.69) is 32.0 Å². The van der Waals surface area contributed by atoms with Crippen molar-refractivity contribution in [1.29, 1.82) is 0 Å². The number of nitrogens with zero attached hydrogens (tertiary/aromatic N) is 3. The molecule has 0 atom stereocenters. The molecule has 2 aliphatic rings. The van der Waals surface area contributed by atoms with Crippen LogP contribution in [0.1, 0.15) is 43.4 Å². The average molecular weight is 343 g/mol. The Bertz CT molecular complexity index is 651. The number of hydrogen-bond donors (Lipinski definition) is 0. The fourth-order valence-corrected chi connectivity index (χ4v) is 5.39. The second-order valence-electron chi connectivity index (χ2n) is 7.26. The Morgan fingerprint density at radius 1 is 1.29 bits per heavy atom. The third kappa shape index (κ3) is 2.90. The molecular weight excluding hydrogens is 318 g/mol. The number of imidazole rings is 1. The van der Waals surface area contributed by atoms with Gasteiger partial charge in [0.1, 0.15) is 0 Å². The number of thiophene rings is 1. The second kappa shape index (κ2) is 6.71. The van der Waals surface area contributed by atoms with Crippen LogP contribution in [-0.2, 0) is 16.8 Å². The molecule has 2 aromatic heterocycles. The Hall–Kier alpha value is -1.62. The van der Waals surface area contributed by atoms with E-state index in [4.69, 9.17) is 0 Å². The highest BCUT2D eigenvalue weighted by molar-refractivity contribution is 7.10. The number of rotatable bonds is 4. The number of carbonyl (C=O) groups is 1. The fourth-order valence-electron chi connectivity index (χ4n) is 4.41. The third-order valence-electron chi connectivity index (χ3n) is 5.79. The molecule has 1 saturated heterocycles. The predicted molar refractivity (Wildman–Crippen MR) is 96.0 cm³/mol.